The van der Waals surface area contributed by atoms with Gasteiger partial charge in [-0.25, -0.2) is 0 Å². The molecule has 0 fully saturated rings. The van der Waals surface area contributed by atoms with Gasteiger partial charge in [0.05, 0.1) is 27.0 Å². The van der Waals surface area contributed by atoms with Crippen LogP contribution in [0.4, 0.5) is 0 Å². The van der Waals surface area contributed by atoms with Crippen LogP contribution in [0.5, 0.6) is 11.5 Å². The molecule has 16 heavy (non-hydrogen) atoms. The lowest BCUT2D eigenvalue weighted by Crippen LogP contribution is -2.24. The highest BCUT2D eigenvalue weighted by molar-refractivity contribution is 5.50. The number of methoxy groups -OCH3 is 2. The summed E-state index contributed by atoms with van der Waals surface area (Å²) < 4.78 is 14.2. The molecule has 1 heterocycles. The quantitative estimate of drug-likeness (QED) is 0.570. The summed E-state index contributed by atoms with van der Waals surface area (Å²) in [7, 11) is 5.20. The Morgan fingerprint density at radius 2 is 2.06 bits per heavy atom. The van der Waals surface area contributed by atoms with Gasteiger partial charge in [-0.05, 0) is 6.07 Å². The predicted molar refractivity (Wildman–Crippen MR) is 58.9 cm³/mol. The molecule has 0 aliphatic heterocycles. The number of rotatable bonds is 3. The molecule has 1 aromatic carbocycles. The standard InChI is InChI=1S/C12H14N2O2/c1-13-6-7-14(9-13)11-5-4-10(15-2)8-12(11)16-3/h4-8H,1-3H3. The number of aromatic nitrogens is 2. The van der Waals surface area contributed by atoms with Gasteiger partial charge >= 0.3 is 0 Å². The molecular weight excluding hydrogens is 204 g/mol. The Bertz CT molecular complexity index is 492. The zero-order valence-electron chi connectivity index (χ0n) is 9.60. The van der Waals surface area contributed by atoms with Crippen LogP contribution in [0.2, 0.25) is 0 Å². The maximum Gasteiger partial charge on any atom is 0.243 e. The van der Waals surface area contributed by atoms with E-state index in [0.717, 1.165) is 17.2 Å². The van der Waals surface area contributed by atoms with Gasteiger partial charge in [-0.3, -0.25) is 0 Å². The predicted octanol–water partition coefficient (Wildman–Crippen LogP) is 1.12. The first-order valence-electron chi connectivity index (χ1n) is 4.93. The molecule has 0 atom stereocenters. The van der Waals surface area contributed by atoms with Gasteiger partial charge in [0, 0.05) is 18.5 Å². The zero-order chi connectivity index (χ0) is 11.5. The van der Waals surface area contributed by atoms with Gasteiger partial charge in [0.1, 0.15) is 11.5 Å². The summed E-state index contributed by atoms with van der Waals surface area (Å²) in [4.78, 5) is 0. The summed E-state index contributed by atoms with van der Waals surface area (Å²) in [6.45, 7) is 0. The molecule has 0 saturated carbocycles. The summed E-state index contributed by atoms with van der Waals surface area (Å²) >= 11 is 0. The molecule has 2 rings (SSSR count). The van der Waals surface area contributed by atoms with Gasteiger partial charge in [0.15, 0.2) is 0 Å². The molecule has 0 aliphatic carbocycles. The maximum atomic E-state index is 5.32. The number of ether oxygens (including phenoxy) is 2. The fourth-order valence-corrected chi connectivity index (χ4v) is 1.52. The molecule has 0 bridgehead atoms. The molecule has 0 spiro atoms. The molecule has 84 valence electrons. The molecule has 4 heteroatoms. The number of aryl methyl sites for hydroxylation is 1. The average Bonchev–Trinajstić information content (AvgIpc) is 2.74. The van der Waals surface area contributed by atoms with Crippen molar-refractivity contribution in [3.63, 3.8) is 0 Å². The number of hydrogen-bond donors (Lipinski definition) is 0. The number of imidazole rings is 1. The lowest BCUT2D eigenvalue weighted by Gasteiger charge is -2.11. The van der Waals surface area contributed by atoms with Gasteiger partial charge in [-0.1, -0.05) is 6.07 Å². The van der Waals surface area contributed by atoms with Crippen molar-refractivity contribution in [1.82, 2.24) is 4.57 Å². The van der Waals surface area contributed by atoms with E-state index in [9.17, 15) is 0 Å². The van der Waals surface area contributed by atoms with Gasteiger partial charge in [-0.2, -0.15) is 0 Å². The highest BCUT2D eigenvalue weighted by atomic mass is 16.5. The summed E-state index contributed by atoms with van der Waals surface area (Å²) in [5.74, 6) is 1.53. The Labute approximate surface area is 94.7 Å². The first kappa shape index (κ1) is 10.5. The second kappa shape index (κ2) is 4.26. The lowest BCUT2D eigenvalue weighted by atomic mass is 10.2. The van der Waals surface area contributed by atoms with Crippen LogP contribution < -0.4 is 14.0 Å². The van der Waals surface area contributed by atoms with Crippen molar-refractivity contribution in [2.24, 2.45) is 7.05 Å². The number of nitrogens with zero attached hydrogens (tertiary/aromatic N) is 2. The Hall–Kier alpha value is -1.97. The second-order valence-electron chi connectivity index (χ2n) is 3.42. The molecule has 0 saturated heterocycles. The highest BCUT2D eigenvalue weighted by Crippen LogP contribution is 2.27. The Kier molecular flexibility index (Phi) is 2.81. The van der Waals surface area contributed by atoms with E-state index in [2.05, 4.69) is 6.33 Å². The van der Waals surface area contributed by atoms with Gasteiger partial charge in [0.25, 0.3) is 0 Å². The molecule has 0 aliphatic rings. The van der Waals surface area contributed by atoms with E-state index < -0.39 is 0 Å². The van der Waals surface area contributed by atoms with Crippen LogP contribution in [0.1, 0.15) is 0 Å². The molecule has 0 N–H and O–H groups in total. The molecule has 4 nitrogen and oxygen atoms in total. The minimum Gasteiger partial charge on any atom is -0.502 e. The smallest absolute Gasteiger partial charge is 0.243 e. The average molecular weight is 218 g/mol. The van der Waals surface area contributed by atoms with E-state index in [1.165, 1.54) is 0 Å². The largest absolute Gasteiger partial charge is 0.502 e. The van der Waals surface area contributed by atoms with Crippen LogP contribution in [-0.4, -0.2) is 18.8 Å². The Balaban J connectivity index is 2.48. The van der Waals surface area contributed by atoms with Crippen molar-refractivity contribution < 1.29 is 14.0 Å². The highest BCUT2D eigenvalue weighted by Gasteiger charge is 2.06. The molecular formula is C12H14N2O2. The van der Waals surface area contributed by atoms with Gasteiger partial charge < -0.3 is 18.6 Å². The van der Waals surface area contributed by atoms with Crippen molar-refractivity contribution in [3.8, 4) is 17.2 Å². The summed E-state index contributed by atoms with van der Waals surface area (Å²) in [6, 6.07) is 5.68. The van der Waals surface area contributed by atoms with Crippen molar-refractivity contribution in [1.29, 1.82) is 0 Å². The van der Waals surface area contributed by atoms with Crippen LogP contribution in [-0.2, 0) is 7.05 Å². The SMILES string of the molecule is COc1ccc(-n2[c-][n+](C)cc2)c(OC)c1. The number of hydrogen-bond acceptors (Lipinski definition) is 2. The van der Waals surface area contributed by atoms with E-state index in [1.807, 2.05) is 46.8 Å². The molecule has 2 aromatic rings. The second-order valence-corrected chi connectivity index (χ2v) is 3.42. The van der Waals surface area contributed by atoms with Crippen LogP contribution in [0.15, 0.2) is 30.6 Å². The maximum absolute atomic E-state index is 5.32. The van der Waals surface area contributed by atoms with Crippen molar-refractivity contribution in [2.75, 3.05) is 14.2 Å². The van der Waals surface area contributed by atoms with Gasteiger partial charge in [-0.15, -0.1) is 0 Å². The molecule has 0 unspecified atom stereocenters. The minimum atomic E-state index is 0.756. The third-order valence-electron chi connectivity index (χ3n) is 2.35. The van der Waals surface area contributed by atoms with E-state index in [1.54, 1.807) is 14.2 Å². The third-order valence-corrected chi connectivity index (χ3v) is 2.35. The zero-order valence-corrected chi connectivity index (χ0v) is 9.60. The lowest BCUT2D eigenvalue weighted by molar-refractivity contribution is -0.674. The third kappa shape index (κ3) is 1.86. The normalized spacial score (nSPS) is 10.2. The summed E-state index contributed by atoms with van der Waals surface area (Å²) in [6.07, 6.45) is 6.96. The van der Waals surface area contributed by atoms with Crippen LogP contribution >= 0.6 is 0 Å². The van der Waals surface area contributed by atoms with E-state index in [4.69, 9.17) is 9.47 Å². The summed E-state index contributed by atoms with van der Waals surface area (Å²) in [5, 5.41) is 0. The Morgan fingerprint density at radius 1 is 1.25 bits per heavy atom. The van der Waals surface area contributed by atoms with Crippen LogP contribution in [0.3, 0.4) is 0 Å². The summed E-state index contributed by atoms with van der Waals surface area (Å²) in [5.41, 5.74) is 0.934. The first-order chi connectivity index (χ1) is 7.74. The van der Waals surface area contributed by atoms with Crippen molar-refractivity contribution >= 4 is 0 Å². The topological polar surface area (TPSA) is 27.3 Å². The van der Waals surface area contributed by atoms with Crippen molar-refractivity contribution in [2.45, 2.75) is 0 Å². The molecule has 0 radical (unpaired) electrons. The number of benzene rings is 1. The Morgan fingerprint density at radius 3 is 2.62 bits per heavy atom. The fraction of sp³-hybridized carbons (Fsp3) is 0.250. The fourth-order valence-electron chi connectivity index (χ4n) is 1.52. The van der Waals surface area contributed by atoms with E-state index >= 15 is 0 Å². The first-order valence-corrected chi connectivity index (χ1v) is 4.93. The van der Waals surface area contributed by atoms with Crippen LogP contribution in [0.25, 0.3) is 5.69 Å². The minimum absolute atomic E-state index is 0.756. The molecule has 0 amide bonds. The van der Waals surface area contributed by atoms with Crippen molar-refractivity contribution in [3.05, 3.63) is 36.9 Å². The van der Waals surface area contributed by atoms with Crippen LogP contribution in [0, 0.1) is 6.33 Å². The van der Waals surface area contributed by atoms with E-state index in [-0.39, 0.29) is 0 Å². The molecule has 1 aromatic heterocycles. The monoisotopic (exact) mass is 218 g/mol. The van der Waals surface area contributed by atoms with Gasteiger partial charge in [0.2, 0.25) is 6.33 Å². The van der Waals surface area contributed by atoms with E-state index in [0.29, 0.717) is 0 Å².